The summed E-state index contributed by atoms with van der Waals surface area (Å²) >= 11 is 1.59. The number of methoxy groups -OCH3 is 1. The van der Waals surface area contributed by atoms with E-state index < -0.39 is 5.82 Å². The zero-order valence-electron chi connectivity index (χ0n) is 23.9. The minimum absolute atomic E-state index is 0.0253. The highest BCUT2D eigenvalue weighted by Gasteiger charge is 2.49. The zero-order chi connectivity index (χ0) is 30.2. The highest BCUT2D eigenvalue weighted by atomic mass is 32.1. The number of nitrogens with zero attached hydrogens (tertiary/aromatic N) is 7. The van der Waals surface area contributed by atoms with Crippen molar-refractivity contribution in [3.05, 3.63) is 99.5 Å². The van der Waals surface area contributed by atoms with Crippen molar-refractivity contribution in [3.63, 3.8) is 0 Å². The molecule has 0 N–H and O–H groups in total. The van der Waals surface area contributed by atoms with Crippen LogP contribution in [0.2, 0.25) is 0 Å². The maximum atomic E-state index is 14.3. The molecule has 0 amide bonds. The van der Waals surface area contributed by atoms with Gasteiger partial charge in [-0.05, 0) is 42.8 Å². The molecule has 2 aliphatic rings. The van der Waals surface area contributed by atoms with E-state index >= 15 is 0 Å². The summed E-state index contributed by atoms with van der Waals surface area (Å²) in [6.45, 7) is 2.96. The van der Waals surface area contributed by atoms with E-state index in [1.54, 1.807) is 35.6 Å². The van der Waals surface area contributed by atoms with Crippen molar-refractivity contribution >= 4 is 34.2 Å². The van der Waals surface area contributed by atoms with Crippen molar-refractivity contribution < 1.29 is 18.7 Å². The Morgan fingerprint density at radius 2 is 2.02 bits per heavy atom. The standard InChI is InChI=1S/C32H28FN7O3S/c1-42-32(41)21-7-8-25-26(12-21)40(16-23-15-35-19-44-23)30(36-25)17-38-9-10-39(28-13-27(28)38)29-3-2-4-31(37-29)43-18-22-6-5-20(14-34)11-24(22)33/h2-8,11-12,15,19,27-28H,9-10,13,16-18H2,1H3. The van der Waals surface area contributed by atoms with Gasteiger partial charge in [-0.1, -0.05) is 12.1 Å². The maximum absolute atomic E-state index is 14.3. The Bertz CT molecular complexity index is 1890. The second kappa shape index (κ2) is 11.7. The van der Waals surface area contributed by atoms with Gasteiger partial charge in [-0.25, -0.2) is 14.2 Å². The minimum atomic E-state index is -0.471. The Morgan fingerprint density at radius 3 is 2.82 bits per heavy atom. The molecule has 222 valence electrons. The van der Waals surface area contributed by atoms with E-state index in [4.69, 9.17) is 24.7 Å². The summed E-state index contributed by atoms with van der Waals surface area (Å²) in [5, 5.41) is 8.97. The minimum Gasteiger partial charge on any atom is -0.473 e. The largest absolute Gasteiger partial charge is 0.473 e. The number of thiazole rings is 1. The van der Waals surface area contributed by atoms with Crippen molar-refractivity contribution in [1.82, 2.24) is 24.4 Å². The van der Waals surface area contributed by atoms with E-state index in [0.29, 0.717) is 42.2 Å². The van der Waals surface area contributed by atoms with Crippen molar-refractivity contribution in [2.45, 2.75) is 38.2 Å². The first-order chi connectivity index (χ1) is 21.5. The van der Waals surface area contributed by atoms with Gasteiger partial charge in [-0.15, -0.1) is 11.3 Å². The summed E-state index contributed by atoms with van der Waals surface area (Å²) in [6, 6.07) is 18.1. The number of anilines is 1. The van der Waals surface area contributed by atoms with Crippen molar-refractivity contribution in [3.8, 4) is 11.9 Å². The number of ether oxygens (including phenoxy) is 2. The van der Waals surface area contributed by atoms with Crippen LogP contribution in [-0.2, 0) is 24.4 Å². The van der Waals surface area contributed by atoms with Gasteiger partial charge >= 0.3 is 5.97 Å². The number of hydrogen-bond donors (Lipinski definition) is 0. The number of hydrogen-bond acceptors (Lipinski definition) is 10. The van der Waals surface area contributed by atoms with Gasteiger partial charge in [-0.2, -0.15) is 10.2 Å². The Morgan fingerprint density at radius 1 is 1.11 bits per heavy atom. The summed E-state index contributed by atoms with van der Waals surface area (Å²) in [4.78, 5) is 32.1. The number of rotatable bonds is 9. The predicted molar refractivity (Wildman–Crippen MR) is 162 cm³/mol. The van der Waals surface area contributed by atoms with Gasteiger partial charge in [0, 0.05) is 47.9 Å². The SMILES string of the molecule is COC(=O)c1ccc2nc(CN3CCN(c4cccc(OCc5ccc(C#N)cc5F)n4)C4CC43)n(Cc3cncs3)c2c1. The summed E-state index contributed by atoms with van der Waals surface area (Å²) in [6.07, 6.45) is 2.89. The van der Waals surface area contributed by atoms with Gasteiger partial charge in [0.2, 0.25) is 5.88 Å². The molecule has 12 heteroatoms. The third kappa shape index (κ3) is 5.47. The van der Waals surface area contributed by atoms with Crippen LogP contribution < -0.4 is 9.64 Å². The monoisotopic (exact) mass is 609 g/mol. The summed E-state index contributed by atoms with van der Waals surface area (Å²) in [5.74, 6) is 1.36. The molecule has 2 unspecified atom stereocenters. The van der Waals surface area contributed by atoms with Gasteiger partial charge < -0.3 is 18.9 Å². The van der Waals surface area contributed by atoms with Crippen LogP contribution in [0.15, 0.2) is 66.3 Å². The van der Waals surface area contributed by atoms with Gasteiger partial charge in [0.1, 0.15) is 24.1 Å². The molecular weight excluding hydrogens is 581 g/mol. The quantitative estimate of drug-likeness (QED) is 0.218. The van der Waals surface area contributed by atoms with E-state index in [9.17, 15) is 9.18 Å². The molecule has 2 fully saturated rings. The van der Waals surface area contributed by atoms with E-state index in [2.05, 4.69) is 19.4 Å². The number of carbonyl (C=O) groups excluding carboxylic acids is 1. The number of pyridine rings is 1. The highest BCUT2D eigenvalue weighted by Crippen LogP contribution is 2.40. The molecule has 7 rings (SSSR count). The molecule has 4 heterocycles. The van der Waals surface area contributed by atoms with E-state index in [1.165, 1.54) is 13.2 Å². The van der Waals surface area contributed by atoms with Gasteiger partial charge in [-0.3, -0.25) is 9.88 Å². The van der Waals surface area contributed by atoms with Crippen LogP contribution in [0.1, 0.15) is 38.6 Å². The van der Waals surface area contributed by atoms with Crippen LogP contribution in [0.4, 0.5) is 10.2 Å². The van der Waals surface area contributed by atoms with Crippen LogP contribution >= 0.6 is 11.3 Å². The van der Waals surface area contributed by atoms with Crippen LogP contribution in [-0.4, -0.2) is 62.7 Å². The van der Waals surface area contributed by atoms with Gasteiger partial charge in [0.25, 0.3) is 0 Å². The van der Waals surface area contributed by atoms with E-state index in [1.807, 2.05) is 42.0 Å². The van der Waals surface area contributed by atoms with Crippen LogP contribution in [0.25, 0.3) is 11.0 Å². The molecule has 2 aromatic carbocycles. The fraction of sp³-hybridized carbons (Fsp3) is 0.281. The second-order valence-corrected chi connectivity index (χ2v) is 11.8. The Balaban J connectivity index is 1.06. The Labute approximate surface area is 256 Å². The lowest BCUT2D eigenvalue weighted by Gasteiger charge is -2.34. The van der Waals surface area contributed by atoms with Crippen LogP contribution in [0, 0.1) is 17.1 Å². The second-order valence-electron chi connectivity index (χ2n) is 10.9. The molecule has 1 aliphatic carbocycles. The predicted octanol–water partition coefficient (Wildman–Crippen LogP) is 4.78. The lowest BCUT2D eigenvalue weighted by Crippen LogP contribution is -2.46. The van der Waals surface area contributed by atoms with Crippen molar-refractivity contribution in [2.75, 3.05) is 25.1 Å². The lowest BCUT2D eigenvalue weighted by molar-refractivity contribution is 0.0601. The number of aromatic nitrogens is 4. The third-order valence-corrected chi connectivity index (χ3v) is 8.94. The van der Waals surface area contributed by atoms with Gasteiger partial charge in [0.05, 0.1) is 53.9 Å². The molecule has 5 aromatic rings. The summed E-state index contributed by atoms with van der Waals surface area (Å²) < 4.78 is 27.3. The topological polar surface area (TPSA) is 109 Å². The first kappa shape index (κ1) is 27.9. The number of esters is 1. The number of imidazole rings is 1. The Hall–Kier alpha value is -4.86. The highest BCUT2D eigenvalue weighted by molar-refractivity contribution is 7.09. The summed E-state index contributed by atoms with van der Waals surface area (Å²) in [7, 11) is 1.38. The molecule has 3 aromatic heterocycles. The van der Waals surface area contributed by atoms with E-state index in [-0.39, 0.29) is 18.1 Å². The number of piperazine rings is 1. The molecule has 0 spiro atoms. The number of carbonyl (C=O) groups is 1. The molecule has 10 nitrogen and oxygen atoms in total. The molecule has 0 radical (unpaired) electrons. The fourth-order valence-corrected chi connectivity index (χ4v) is 6.43. The average molecular weight is 610 g/mol. The fourth-order valence-electron chi connectivity index (χ4n) is 5.85. The normalized spacial score (nSPS) is 17.7. The number of nitriles is 1. The van der Waals surface area contributed by atoms with Crippen molar-refractivity contribution in [2.24, 2.45) is 0 Å². The maximum Gasteiger partial charge on any atom is 0.337 e. The molecule has 44 heavy (non-hydrogen) atoms. The third-order valence-electron chi connectivity index (χ3n) is 8.17. The zero-order valence-corrected chi connectivity index (χ0v) is 24.7. The van der Waals surface area contributed by atoms with Crippen molar-refractivity contribution in [1.29, 1.82) is 5.26 Å². The molecule has 1 saturated heterocycles. The lowest BCUT2D eigenvalue weighted by atomic mass is 10.1. The first-order valence-corrected chi connectivity index (χ1v) is 15.1. The smallest absolute Gasteiger partial charge is 0.337 e. The molecular formula is C32H28FN7O3S. The van der Waals surface area contributed by atoms with Crippen LogP contribution in [0.3, 0.4) is 0 Å². The van der Waals surface area contributed by atoms with Crippen LogP contribution in [0.5, 0.6) is 5.88 Å². The number of fused-ring (bicyclic) bond motifs is 2. The Kier molecular flexibility index (Phi) is 7.41. The average Bonchev–Trinajstić information content (AvgIpc) is 3.56. The first-order valence-electron chi connectivity index (χ1n) is 14.2. The number of benzene rings is 2. The number of halogens is 1. The molecule has 0 bridgehead atoms. The molecule has 1 aliphatic heterocycles. The van der Waals surface area contributed by atoms with Gasteiger partial charge in [0.15, 0.2) is 0 Å². The molecule has 2 atom stereocenters. The molecule has 1 saturated carbocycles. The van der Waals surface area contributed by atoms with E-state index in [0.717, 1.165) is 47.1 Å². The summed E-state index contributed by atoms with van der Waals surface area (Å²) in [5.41, 5.74) is 4.69.